The average Bonchev–Trinajstić information content (AvgIpc) is 2.39. The number of nitrogens with zero attached hydrogens (tertiary/aromatic N) is 2. The lowest BCUT2D eigenvalue weighted by Gasteiger charge is -2.34. The molecule has 0 aliphatic rings. The van der Waals surface area contributed by atoms with Gasteiger partial charge in [0.15, 0.2) is 0 Å². The lowest BCUT2D eigenvalue weighted by Crippen LogP contribution is -2.43. The summed E-state index contributed by atoms with van der Waals surface area (Å²) in [5.74, 6) is 1.32. The van der Waals surface area contributed by atoms with E-state index < -0.39 is 20.5 Å². The first kappa shape index (κ1) is 22.8. The van der Waals surface area contributed by atoms with Gasteiger partial charge in [0, 0.05) is 0 Å². The van der Waals surface area contributed by atoms with Crippen LogP contribution >= 0.6 is 0 Å². The van der Waals surface area contributed by atoms with E-state index in [-0.39, 0.29) is 6.61 Å². The number of azo groups is 1. The van der Waals surface area contributed by atoms with Crippen LogP contribution in [-0.2, 0) is 9.16 Å². The van der Waals surface area contributed by atoms with E-state index in [0.29, 0.717) is 24.2 Å². The highest BCUT2D eigenvalue weighted by Gasteiger charge is 2.40. The Labute approximate surface area is 147 Å². The number of hydrogen-bond acceptors (Lipinski definition) is 4. The van der Waals surface area contributed by atoms with Crippen LogP contribution in [0.4, 0.5) is 9.59 Å². The minimum Gasteiger partial charge on any atom is -0.501 e. The molecule has 0 aromatic carbocycles. The van der Waals surface area contributed by atoms with Gasteiger partial charge >= 0.3 is 12.2 Å². The van der Waals surface area contributed by atoms with Crippen molar-refractivity contribution in [1.82, 2.24) is 0 Å². The van der Waals surface area contributed by atoms with E-state index in [9.17, 15) is 9.59 Å². The molecule has 0 aromatic rings. The Morgan fingerprint density at radius 2 is 1.25 bits per heavy atom. The van der Waals surface area contributed by atoms with Crippen LogP contribution in [0.3, 0.4) is 0 Å². The van der Waals surface area contributed by atoms with E-state index >= 15 is 0 Å². The summed E-state index contributed by atoms with van der Waals surface area (Å²) >= 11 is 0. The maximum atomic E-state index is 12.1. The fraction of sp³-hybridized carbons (Fsp3) is 0.882. The summed E-state index contributed by atoms with van der Waals surface area (Å²) in [5.41, 5.74) is 0. The van der Waals surface area contributed by atoms with E-state index in [0.717, 1.165) is 18.1 Å². The average molecular weight is 359 g/mol. The van der Waals surface area contributed by atoms with Crippen molar-refractivity contribution < 1.29 is 18.8 Å². The van der Waals surface area contributed by atoms with E-state index in [2.05, 4.69) is 51.8 Å². The Morgan fingerprint density at radius 1 is 0.833 bits per heavy atom. The van der Waals surface area contributed by atoms with Crippen molar-refractivity contribution in [3.05, 3.63) is 0 Å². The number of hydrogen-bond donors (Lipinski definition) is 0. The largest absolute Gasteiger partial charge is 0.501 e. The zero-order chi connectivity index (χ0) is 18.8. The molecular weight excluding hydrogens is 324 g/mol. The maximum Gasteiger partial charge on any atom is 0.452 e. The molecule has 0 rings (SSSR count). The zero-order valence-electron chi connectivity index (χ0n) is 16.3. The highest BCUT2D eigenvalue weighted by Crippen LogP contribution is 2.33. The van der Waals surface area contributed by atoms with Gasteiger partial charge in [0.2, 0.25) is 0 Å². The lowest BCUT2D eigenvalue weighted by atomic mass is 10.2. The Hall–Kier alpha value is -1.24. The monoisotopic (exact) mass is 358 g/mol. The van der Waals surface area contributed by atoms with Crippen LogP contribution in [0.5, 0.6) is 0 Å². The summed E-state index contributed by atoms with van der Waals surface area (Å²) in [6.45, 7) is 15.0. The fourth-order valence-corrected chi connectivity index (χ4v) is 8.74. The van der Waals surface area contributed by atoms with Crippen LogP contribution in [0.1, 0.15) is 54.9 Å². The summed E-state index contributed by atoms with van der Waals surface area (Å²) in [5, 5.41) is 6.70. The van der Waals surface area contributed by atoms with Gasteiger partial charge in [0.05, 0.1) is 6.61 Å². The van der Waals surface area contributed by atoms with E-state index in [1.54, 1.807) is 0 Å². The maximum absolute atomic E-state index is 12.1. The van der Waals surface area contributed by atoms with Gasteiger partial charge in [-0.1, -0.05) is 58.7 Å². The number of carbonyl (C=O) groups excluding carboxylic acids is 2. The minimum atomic E-state index is -2.30. The summed E-state index contributed by atoms with van der Waals surface area (Å²) in [6, 6.07) is 2.68. The van der Waals surface area contributed by atoms with Crippen LogP contribution < -0.4 is 0 Å². The van der Waals surface area contributed by atoms with Crippen molar-refractivity contribution in [1.29, 1.82) is 0 Å². The van der Waals surface area contributed by atoms with Crippen molar-refractivity contribution >= 4 is 20.5 Å². The van der Waals surface area contributed by atoms with E-state index in [4.69, 9.17) is 9.16 Å². The molecule has 2 amide bonds. The van der Waals surface area contributed by atoms with Crippen molar-refractivity contribution in [2.75, 3.05) is 6.61 Å². The fourth-order valence-electron chi connectivity index (χ4n) is 3.11. The Balaban J connectivity index is 5.09. The van der Waals surface area contributed by atoms with Crippen molar-refractivity contribution in [3.8, 4) is 0 Å². The summed E-state index contributed by atoms with van der Waals surface area (Å²) in [4.78, 5) is 23.5. The third-order valence-electron chi connectivity index (χ3n) is 3.29. The molecule has 24 heavy (non-hydrogen) atoms. The Morgan fingerprint density at radius 3 is 1.62 bits per heavy atom. The molecule has 0 heterocycles. The van der Waals surface area contributed by atoms with E-state index in [1.165, 1.54) is 0 Å². The van der Waals surface area contributed by atoms with Crippen LogP contribution in [-0.4, -0.2) is 27.1 Å². The molecule has 0 aromatic heterocycles. The number of rotatable bonds is 9. The lowest BCUT2D eigenvalue weighted by molar-refractivity contribution is 0.154. The smallest absolute Gasteiger partial charge is 0.452 e. The normalized spacial score (nSPS) is 12.4. The highest BCUT2D eigenvalue weighted by atomic mass is 28.4. The minimum absolute atomic E-state index is 0.264. The molecule has 0 saturated heterocycles. The predicted molar refractivity (Wildman–Crippen MR) is 97.7 cm³/mol. The Kier molecular flexibility index (Phi) is 10.7. The van der Waals surface area contributed by atoms with Crippen LogP contribution in [0.25, 0.3) is 0 Å². The molecule has 0 unspecified atom stereocenters. The van der Waals surface area contributed by atoms with Gasteiger partial charge in [0.25, 0.3) is 8.32 Å². The number of carbonyl (C=O) groups is 2. The molecule has 0 aliphatic heterocycles. The molecule has 0 spiro atoms. The molecule has 0 atom stereocenters. The van der Waals surface area contributed by atoms with Crippen LogP contribution in [0, 0.1) is 17.8 Å². The first-order valence-corrected chi connectivity index (χ1v) is 11.4. The van der Waals surface area contributed by atoms with Crippen molar-refractivity contribution in [3.63, 3.8) is 0 Å². The molecule has 0 fully saturated rings. The molecule has 6 nitrogen and oxygen atoms in total. The van der Waals surface area contributed by atoms with E-state index in [1.807, 2.05) is 6.92 Å². The molecule has 0 saturated carbocycles. The molecule has 0 N–H and O–H groups in total. The molecule has 0 aliphatic carbocycles. The van der Waals surface area contributed by atoms with Crippen LogP contribution in [0.2, 0.25) is 18.1 Å². The molecular formula is C17H34N2O4Si. The first-order chi connectivity index (χ1) is 11.1. The predicted octanol–water partition coefficient (Wildman–Crippen LogP) is 6.04. The van der Waals surface area contributed by atoms with Gasteiger partial charge in [0.1, 0.15) is 0 Å². The standard InChI is InChI=1S/C17H34N2O4Si/c1-8-9-22-16(20)18-19-17(21)23-24(10-13(2)3,11-14(4)5)12-15(6)7/h13-15H,8-12H2,1-7H3/b19-18+. The number of amides is 2. The Bertz CT molecular complexity index is 396. The van der Waals surface area contributed by atoms with Gasteiger partial charge in [-0.3, -0.25) is 0 Å². The summed E-state index contributed by atoms with van der Waals surface area (Å²) < 4.78 is 10.6. The third-order valence-corrected chi connectivity index (χ3v) is 8.58. The van der Waals surface area contributed by atoms with Gasteiger partial charge in [-0.25, -0.2) is 9.59 Å². The quantitative estimate of drug-likeness (QED) is 0.372. The zero-order valence-corrected chi connectivity index (χ0v) is 17.3. The van der Waals surface area contributed by atoms with Gasteiger partial charge in [-0.05, 0) is 42.3 Å². The first-order valence-electron chi connectivity index (χ1n) is 8.91. The summed E-state index contributed by atoms with van der Waals surface area (Å²) in [7, 11) is -2.30. The second kappa shape index (κ2) is 11.3. The SMILES string of the molecule is CCCOC(=O)/N=N/C(=O)O[Si](CC(C)C)(CC(C)C)CC(C)C. The summed E-state index contributed by atoms with van der Waals surface area (Å²) in [6.07, 6.45) is -0.923. The van der Waals surface area contributed by atoms with Gasteiger partial charge in [-0.2, -0.15) is 0 Å². The molecule has 0 bridgehead atoms. The van der Waals surface area contributed by atoms with Crippen molar-refractivity contribution in [2.24, 2.45) is 28.0 Å². The van der Waals surface area contributed by atoms with Gasteiger partial charge in [-0.15, -0.1) is 0 Å². The highest BCUT2D eigenvalue weighted by molar-refractivity contribution is 6.75. The molecule has 0 radical (unpaired) electrons. The second-order valence-corrected chi connectivity index (χ2v) is 11.5. The van der Waals surface area contributed by atoms with Gasteiger partial charge < -0.3 is 9.16 Å². The molecule has 7 heteroatoms. The topological polar surface area (TPSA) is 77.3 Å². The van der Waals surface area contributed by atoms with Crippen LogP contribution in [0.15, 0.2) is 10.2 Å². The number of ether oxygens (including phenoxy) is 1. The van der Waals surface area contributed by atoms with Crippen molar-refractivity contribution in [2.45, 2.75) is 73.0 Å². The molecule has 140 valence electrons. The third kappa shape index (κ3) is 10.5. The second-order valence-electron chi connectivity index (χ2n) is 7.66.